The van der Waals surface area contributed by atoms with Crippen molar-refractivity contribution in [2.75, 3.05) is 0 Å². The highest BCUT2D eigenvalue weighted by molar-refractivity contribution is 6.42. The molecule has 0 fully saturated rings. The first-order valence-electron chi connectivity index (χ1n) is 7.35. The molecule has 0 heterocycles. The zero-order valence-electron chi connectivity index (χ0n) is 13.6. The van der Waals surface area contributed by atoms with E-state index in [9.17, 15) is 9.59 Å². The highest BCUT2D eigenvalue weighted by atomic mass is 35.5. The highest BCUT2D eigenvalue weighted by Crippen LogP contribution is 2.23. The molecule has 0 saturated heterocycles. The van der Waals surface area contributed by atoms with Crippen molar-refractivity contribution in [3.05, 3.63) is 69.2 Å². The molecule has 0 aliphatic heterocycles. The lowest BCUT2D eigenvalue weighted by Crippen LogP contribution is -2.41. The van der Waals surface area contributed by atoms with Gasteiger partial charge in [-0.1, -0.05) is 56.1 Å². The van der Waals surface area contributed by atoms with Gasteiger partial charge >= 0.3 is 0 Å². The van der Waals surface area contributed by atoms with Gasteiger partial charge in [0.05, 0.1) is 10.0 Å². The van der Waals surface area contributed by atoms with Crippen LogP contribution in [0.4, 0.5) is 0 Å². The predicted molar refractivity (Wildman–Crippen MR) is 96.5 cm³/mol. The van der Waals surface area contributed by atoms with Gasteiger partial charge in [-0.25, -0.2) is 0 Å². The normalized spacial score (nSPS) is 11.0. The Bertz CT molecular complexity index is 766. The van der Waals surface area contributed by atoms with Gasteiger partial charge in [-0.3, -0.25) is 20.4 Å². The number of hydrogen-bond acceptors (Lipinski definition) is 2. The van der Waals surface area contributed by atoms with E-state index in [1.807, 2.05) is 12.1 Å². The van der Waals surface area contributed by atoms with Gasteiger partial charge < -0.3 is 0 Å². The van der Waals surface area contributed by atoms with Crippen LogP contribution in [0, 0.1) is 0 Å². The number of halogens is 2. The first-order valence-corrected chi connectivity index (χ1v) is 8.10. The van der Waals surface area contributed by atoms with E-state index >= 15 is 0 Å². The number of carbonyl (C=O) groups excluding carboxylic acids is 2. The monoisotopic (exact) mass is 364 g/mol. The Morgan fingerprint density at radius 2 is 1.29 bits per heavy atom. The lowest BCUT2D eigenvalue weighted by Gasteiger charge is -2.19. The van der Waals surface area contributed by atoms with E-state index in [0.29, 0.717) is 16.1 Å². The second-order valence-electron chi connectivity index (χ2n) is 6.36. The summed E-state index contributed by atoms with van der Waals surface area (Å²) in [6.07, 6.45) is 0. The van der Waals surface area contributed by atoms with Gasteiger partial charge in [0.2, 0.25) is 0 Å². The Labute approximate surface area is 151 Å². The van der Waals surface area contributed by atoms with Crippen LogP contribution >= 0.6 is 23.2 Å². The third kappa shape index (κ3) is 4.49. The maximum absolute atomic E-state index is 12.1. The highest BCUT2D eigenvalue weighted by Gasteiger charge is 2.15. The quantitative estimate of drug-likeness (QED) is 0.777. The van der Waals surface area contributed by atoms with E-state index in [1.54, 1.807) is 12.1 Å². The lowest BCUT2D eigenvalue weighted by molar-refractivity contribution is 0.0846. The van der Waals surface area contributed by atoms with Gasteiger partial charge in [0.25, 0.3) is 11.8 Å². The number of rotatable bonds is 2. The second-order valence-corrected chi connectivity index (χ2v) is 7.18. The SMILES string of the molecule is CC(C)(C)c1ccc(C(=O)NNC(=O)c2ccc(Cl)c(Cl)c2)cc1. The minimum Gasteiger partial charge on any atom is -0.267 e. The van der Waals surface area contributed by atoms with E-state index in [4.69, 9.17) is 23.2 Å². The molecule has 0 unspecified atom stereocenters. The zero-order chi connectivity index (χ0) is 17.9. The summed E-state index contributed by atoms with van der Waals surface area (Å²) in [5, 5.41) is 0.629. The van der Waals surface area contributed by atoms with Crippen LogP contribution in [-0.4, -0.2) is 11.8 Å². The van der Waals surface area contributed by atoms with Crippen LogP contribution in [0.15, 0.2) is 42.5 Å². The minimum atomic E-state index is -0.478. The molecule has 2 N–H and O–H groups in total. The summed E-state index contributed by atoms with van der Waals surface area (Å²) in [4.78, 5) is 24.1. The van der Waals surface area contributed by atoms with Gasteiger partial charge in [0.1, 0.15) is 0 Å². The van der Waals surface area contributed by atoms with Crippen LogP contribution in [0.3, 0.4) is 0 Å². The molecule has 0 aliphatic rings. The molecule has 2 aromatic rings. The fourth-order valence-corrected chi connectivity index (χ4v) is 2.31. The van der Waals surface area contributed by atoms with Crippen molar-refractivity contribution in [3.63, 3.8) is 0 Å². The van der Waals surface area contributed by atoms with E-state index in [2.05, 4.69) is 31.6 Å². The van der Waals surface area contributed by atoms with Gasteiger partial charge in [0, 0.05) is 11.1 Å². The third-order valence-corrected chi connectivity index (χ3v) is 4.22. The maximum atomic E-state index is 12.1. The van der Waals surface area contributed by atoms with E-state index in [0.717, 1.165) is 5.56 Å². The number of amides is 2. The van der Waals surface area contributed by atoms with Gasteiger partial charge in [-0.05, 0) is 41.3 Å². The van der Waals surface area contributed by atoms with Gasteiger partial charge in [-0.15, -0.1) is 0 Å². The number of benzene rings is 2. The summed E-state index contributed by atoms with van der Waals surface area (Å²) < 4.78 is 0. The first-order chi connectivity index (χ1) is 11.2. The second kappa shape index (κ2) is 7.24. The van der Waals surface area contributed by atoms with Crippen LogP contribution in [-0.2, 0) is 5.41 Å². The molecular formula is C18H18Cl2N2O2. The van der Waals surface area contributed by atoms with Gasteiger partial charge in [-0.2, -0.15) is 0 Å². The van der Waals surface area contributed by atoms with Crippen LogP contribution in [0.1, 0.15) is 47.1 Å². The fraction of sp³-hybridized carbons (Fsp3) is 0.222. The van der Waals surface area contributed by atoms with Crippen LogP contribution in [0.5, 0.6) is 0 Å². The summed E-state index contributed by atoms with van der Waals surface area (Å²) in [5.74, 6) is -0.878. The molecule has 0 atom stereocenters. The molecule has 0 aromatic heterocycles. The van der Waals surface area contributed by atoms with Crippen molar-refractivity contribution in [2.45, 2.75) is 26.2 Å². The van der Waals surface area contributed by atoms with Crippen molar-refractivity contribution in [2.24, 2.45) is 0 Å². The summed E-state index contributed by atoms with van der Waals surface area (Å²) in [6, 6.07) is 11.7. The van der Waals surface area contributed by atoms with Gasteiger partial charge in [0.15, 0.2) is 0 Å². The first kappa shape index (κ1) is 18.3. The smallest absolute Gasteiger partial charge is 0.267 e. The van der Waals surface area contributed by atoms with Crippen molar-refractivity contribution >= 4 is 35.0 Å². The lowest BCUT2D eigenvalue weighted by atomic mass is 9.87. The largest absolute Gasteiger partial charge is 0.269 e. The molecule has 0 aliphatic carbocycles. The Balaban J connectivity index is 1.99. The summed E-state index contributed by atoms with van der Waals surface area (Å²) >= 11 is 11.7. The number of nitrogens with one attached hydrogen (secondary N) is 2. The third-order valence-electron chi connectivity index (χ3n) is 3.48. The summed E-state index contributed by atoms with van der Waals surface area (Å²) in [6.45, 7) is 6.29. The van der Waals surface area contributed by atoms with Crippen molar-refractivity contribution in [1.29, 1.82) is 0 Å². The molecule has 0 radical (unpaired) electrons. The average Bonchev–Trinajstić information content (AvgIpc) is 2.54. The van der Waals surface area contributed by atoms with Crippen molar-refractivity contribution in [1.82, 2.24) is 10.9 Å². The predicted octanol–water partition coefficient (Wildman–Crippen LogP) is 4.37. The molecule has 24 heavy (non-hydrogen) atoms. The zero-order valence-corrected chi connectivity index (χ0v) is 15.1. The van der Waals surface area contributed by atoms with E-state index in [-0.39, 0.29) is 10.4 Å². The molecule has 2 rings (SSSR count). The molecular weight excluding hydrogens is 347 g/mol. The molecule has 4 nitrogen and oxygen atoms in total. The molecule has 126 valence electrons. The number of hydrogen-bond donors (Lipinski definition) is 2. The molecule has 6 heteroatoms. The summed E-state index contributed by atoms with van der Waals surface area (Å²) in [7, 11) is 0. The molecule has 0 spiro atoms. The molecule has 0 bridgehead atoms. The molecule has 2 aromatic carbocycles. The fourth-order valence-electron chi connectivity index (χ4n) is 2.02. The Hall–Kier alpha value is -2.04. The summed E-state index contributed by atoms with van der Waals surface area (Å²) in [5.41, 5.74) is 6.61. The van der Waals surface area contributed by atoms with Crippen molar-refractivity contribution < 1.29 is 9.59 Å². The maximum Gasteiger partial charge on any atom is 0.269 e. The minimum absolute atomic E-state index is 0.0110. The van der Waals surface area contributed by atoms with E-state index in [1.165, 1.54) is 18.2 Å². The average molecular weight is 365 g/mol. The standard InChI is InChI=1S/C18H18Cl2N2O2/c1-18(2,3)13-7-4-11(5-8-13)16(23)21-22-17(24)12-6-9-14(19)15(20)10-12/h4-10H,1-3H3,(H,21,23)(H,22,24). The number of carbonyl (C=O) groups is 2. The topological polar surface area (TPSA) is 58.2 Å². The van der Waals surface area contributed by atoms with Crippen molar-refractivity contribution in [3.8, 4) is 0 Å². The Kier molecular flexibility index (Phi) is 5.52. The Morgan fingerprint density at radius 1 is 0.792 bits per heavy atom. The van der Waals surface area contributed by atoms with Crippen LogP contribution in [0.2, 0.25) is 10.0 Å². The van der Waals surface area contributed by atoms with E-state index < -0.39 is 11.8 Å². The van der Waals surface area contributed by atoms with Crippen LogP contribution in [0.25, 0.3) is 0 Å². The van der Waals surface area contributed by atoms with Crippen LogP contribution < -0.4 is 10.9 Å². The Morgan fingerprint density at radius 3 is 1.79 bits per heavy atom. The molecule has 0 saturated carbocycles. The number of hydrazine groups is 1. The molecule has 2 amide bonds.